The van der Waals surface area contributed by atoms with Crippen LogP contribution >= 0.6 is 0 Å². The topological polar surface area (TPSA) is 3.24 Å². The summed E-state index contributed by atoms with van der Waals surface area (Å²) in [6, 6.07) is 7.08. The first-order valence-corrected chi connectivity index (χ1v) is 5.71. The Bertz CT molecular complexity index is 327. The van der Waals surface area contributed by atoms with Crippen LogP contribution in [0.4, 0.5) is 9.09 Å². The Hall–Kier alpha value is -0.960. The number of rotatable bonds is 2. The number of benzene rings is 1. The van der Waals surface area contributed by atoms with E-state index in [2.05, 4.69) is 11.8 Å². The predicted molar refractivity (Wildman–Crippen MR) is 62.6 cm³/mol. The van der Waals surface area contributed by atoms with Crippen LogP contribution in [0.2, 0.25) is 0 Å². The van der Waals surface area contributed by atoms with Gasteiger partial charge in [0.05, 0.1) is 0 Å². The fraction of sp³-hybridized carbons (Fsp3) is 0.538. The molecule has 2 rings (SSSR count). The molecule has 1 aromatic carbocycles. The van der Waals surface area contributed by atoms with Gasteiger partial charge in [-0.25, -0.2) is 4.39 Å². The second-order valence-electron chi connectivity index (χ2n) is 4.57. The molecule has 0 N–H and O–H groups in total. The van der Waals surface area contributed by atoms with E-state index >= 15 is 0 Å². The molecule has 1 aliphatic rings. The van der Waals surface area contributed by atoms with E-state index in [0.717, 1.165) is 31.1 Å². The van der Waals surface area contributed by atoms with Crippen LogP contribution in [0, 0.1) is 11.7 Å². The average molecular weight is 227 g/mol. The maximum atomic E-state index is 13.4. The highest BCUT2D eigenvalue weighted by Crippen LogP contribution is 2.18. The van der Waals surface area contributed by atoms with Crippen molar-refractivity contribution in [2.45, 2.75) is 26.3 Å². The van der Waals surface area contributed by atoms with E-state index in [9.17, 15) is 4.39 Å². The summed E-state index contributed by atoms with van der Waals surface area (Å²) in [6.45, 7) is 5.25. The molecule has 0 aromatic heterocycles. The van der Waals surface area contributed by atoms with Crippen molar-refractivity contribution in [3.8, 4) is 0 Å². The van der Waals surface area contributed by atoms with E-state index in [1.165, 1.54) is 12.8 Å². The van der Waals surface area contributed by atoms with Gasteiger partial charge in [0.15, 0.2) is 0 Å². The second-order valence-corrected chi connectivity index (χ2v) is 4.57. The molecule has 1 fully saturated rings. The highest BCUT2D eigenvalue weighted by Gasteiger charge is 2.16. The molecule has 1 heterocycles. The monoisotopic (exact) mass is 227 g/mol. The molecule has 0 saturated carbocycles. The standard InChI is InChI=1S/C13H18FN.FH/c1-11-5-4-8-15(9-11)10-12-6-2-3-7-13(12)14;/h2-3,6-7,11H,4-5,8-10H2,1H3;1H. The van der Waals surface area contributed by atoms with E-state index in [4.69, 9.17) is 0 Å². The van der Waals surface area contributed by atoms with Crippen molar-refractivity contribution in [1.82, 2.24) is 4.90 Å². The minimum Gasteiger partial charge on any atom is -0.299 e. The Labute approximate surface area is 95.6 Å². The van der Waals surface area contributed by atoms with Crippen LogP contribution < -0.4 is 0 Å². The number of likely N-dealkylation sites (tertiary alicyclic amines) is 1. The van der Waals surface area contributed by atoms with Gasteiger partial charge >= 0.3 is 0 Å². The zero-order valence-electron chi connectivity index (χ0n) is 9.66. The molecule has 1 atom stereocenters. The number of hydrogen-bond donors (Lipinski definition) is 0. The van der Waals surface area contributed by atoms with Crippen molar-refractivity contribution in [2.24, 2.45) is 5.92 Å². The molecular formula is C13H19F2N. The molecule has 16 heavy (non-hydrogen) atoms. The predicted octanol–water partition coefficient (Wildman–Crippen LogP) is 3.21. The Morgan fingerprint density at radius 2 is 2.12 bits per heavy atom. The lowest BCUT2D eigenvalue weighted by Gasteiger charge is -2.30. The van der Waals surface area contributed by atoms with E-state index in [0.29, 0.717) is 0 Å². The number of nitrogens with zero attached hydrogens (tertiary/aromatic N) is 1. The maximum Gasteiger partial charge on any atom is 0.127 e. The smallest absolute Gasteiger partial charge is 0.127 e. The molecule has 1 nitrogen and oxygen atoms in total. The van der Waals surface area contributed by atoms with Gasteiger partial charge in [0.25, 0.3) is 0 Å². The van der Waals surface area contributed by atoms with Crippen molar-refractivity contribution < 1.29 is 9.09 Å². The first-order chi connectivity index (χ1) is 7.25. The van der Waals surface area contributed by atoms with E-state index < -0.39 is 0 Å². The third-order valence-electron chi connectivity index (χ3n) is 3.09. The lowest BCUT2D eigenvalue weighted by Crippen LogP contribution is -2.33. The Balaban J connectivity index is 0.00000128. The lowest BCUT2D eigenvalue weighted by molar-refractivity contribution is 0.175. The quantitative estimate of drug-likeness (QED) is 0.750. The highest BCUT2D eigenvalue weighted by atomic mass is 19.1. The van der Waals surface area contributed by atoms with Gasteiger partial charge in [-0.05, 0) is 31.4 Å². The van der Waals surface area contributed by atoms with Crippen LogP contribution in [0.1, 0.15) is 25.3 Å². The van der Waals surface area contributed by atoms with Gasteiger partial charge in [-0.15, -0.1) is 0 Å². The van der Waals surface area contributed by atoms with Gasteiger partial charge in [-0.2, -0.15) is 0 Å². The molecule has 90 valence electrons. The van der Waals surface area contributed by atoms with E-state index in [-0.39, 0.29) is 10.5 Å². The highest BCUT2D eigenvalue weighted by molar-refractivity contribution is 5.17. The molecule has 1 aromatic rings. The Kier molecular flexibility index (Phi) is 4.87. The van der Waals surface area contributed by atoms with Gasteiger partial charge in [0.2, 0.25) is 0 Å². The van der Waals surface area contributed by atoms with Gasteiger partial charge < -0.3 is 0 Å². The van der Waals surface area contributed by atoms with E-state index in [1.54, 1.807) is 12.1 Å². The normalized spacial score (nSPS) is 21.5. The van der Waals surface area contributed by atoms with Crippen LogP contribution in [0.25, 0.3) is 0 Å². The summed E-state index contributed by atoms with van der Waals surface area (Å²) in [7, 11) is 0. The molecule has 3 heteroatoms. The molecule has 0 aliphatic carbocycles. The summed E-state index contributed by atoms with van der Waals surface area (Å²) in [5.74, 6) is 0.682. The number of piperidine rings is 1. The van der Waals surface area contributed by atoms with E-state index in [1.807, 2.05) is 12.1 Å². The van der Waals surface area contributed by atoms with Crippen molar-refractivity contribution >= 4 is 0 Å². The van der Waals surface area contributed by atoms with Crippen LogP contribution in [0.3, 0.4) is 0 Å². The molecule has 0 radical (unpaired) electrons. The van der Waals surface area contributed by atoms with Crippen LogP contribution in [-0.2, 0) is 6.54 Å². The summed E-state index contributed by atoms with van der Waals surface area (Å²) >= 11 is 0. The van der Waals surface area contributed by atoms with Gasteiger partial charge in [-0.3, -0.25) is 9.60 Å². The van der Waals surface area contributed by atoms with Crippen molar-refractivity contribution in [3.63, 3.8) is 0 Å². The molecular weight excluding hydrogens is 208 g/mol. The fourth-order valence-corrected chi connectivity index (χ4v) is 2.30. The van der Waals surface area contributed by atoms with Crippen LogP contribution in [0.5, 0.6) is 0 Å². The van der Waals surface area contributed by atoms with Gasteiger partial charge in [0.1, 0.15) is 5.82 Å². The molecule has 0 amide bonds. The van der Waals surface area contributed by atoms with Crippen LogP contribution in [0.15, 0.2) is 24.3 Å². The zero-order chi connectivity index (χ0) is 10.7. The number of halogens is 2. The molecule has 0 spiro atoms. The van der Waals surface area contributed by atoms with Gasteiger partial charge in [0, 0.05) is 18.7 Å². The summed E-state index contributed by atoms with van der Waals surface area (Å²) in [6.07, 6.45) is 2.56. The second kappa shape index (κ2) is 5.94. The summed E-state index contributed by atoms with van der Waals surface area (Å²) in [4.78, 5) is 2.35. The van der Waals surface area contributed by atoms with Crippen molar-refractivity contribution in [2.75, 3.05) is 13.1 Å². The minimum atomic E-state index is -0.0734. The summed E-state index contributed by atoms with van der Waals surface area (Å²) in [5.41, 5.74) is 0.826. The Morgan fingerprint density at radius 3 is 2.81 bits per heavy atom. The third kappa shape index (κ3) is 3.27. The fourth-order valence-electron chi connectivity index (χ4n) is 2.30. The first kappa shape index (κ1) is 13.1. The molecule has 1 aliphatic heterocycles. The third-order valence-corrected chi connectivity index (χ3v) is 3.09. The maximum absolute atomic E-state index is 13.4. The minimum absolute atomic E-state index is 0. The summed E-state index contributed by atoms with van der Waals surface area (Å²) in [5, 5.41) is 0. The average Bonchev–Trinajstić information content (AvgIpc) is 2.22. The SMILES string of the molecule is CC1CCCN(Cc2ccccc2F)C1.F. The zero-order valence-corrected chi connectivity index (χ0v) is 9.66. The molecule has 1 unspecified atom stereocenters. The van der Waals surface area contributed by atoms with Crippen molar-refractivity contribution in [1.29, 1.82) is 0 Å². The largest absolute Gasteiger partial charge is 0.299 e. The van der Waals surface area contributed by atoms with Crippen molar-refractivity contribution in [3.05, 3.63) is 35.6 Å². The summed E-state index contributed by atoms with van der Waals surface area (Å²) < 4.78 is 13.4. The molecule has 0 bridgehead atoms. The van der Waals surface area contributed by atoms with Gasteiger partial charge in [-0.1, -0.05) is 25.1 Å². The van der Waals surface area contributed by atoms with Crippen LogP contribution in [-0.4, -0.2) is 18.0 Å². The first-order valence-electron chi connectivity index (χ1n) is 5.71. The Morgan fingerprint density at radius 1 is 1.38 bits per heavy atom. The number of hydrogen-bond acceptors (Lipinski definition) is 1. The lowest BCUT2D eigenvalue weighted by atomic mass is 10.00. The molecule has 1 saturated heterocycles.